The predicted molar refractivity (Wildman–Crippen MR) is 208 cm³/mol. The van der Waals surface area contributed by atoms with E-state index < -0.39 is 34.7 Å². The SMILES string of the molecule is C=CC(=O)NC(C)(C)C.CC(C)(C)N1CC1.CC(C)(C)OS(C)(=O)=O.CC(CO)COc1ccc(C(C)(C)c2ccc(OCC(F)(F)C(F)F)cc2)cc1. The topological polar surface area (TPSA) is 114 Å². The zero-order chi connectivity index (χ0) is 42.3. The molecule has 1 saturated heterocycles. The quantitative estimate of drug-likeness (QED) is 0.0957. The average Bonchev–Trinajstić information content (AvgIpc) is 3.88. The van der Waals surface area contributed by atoms with Gasteiger partial charge in [-0.2, -0.15) is 17.2 Å². The molecule has 2 aromatic rings. The van der Waals surface area contributed by atoms with E-state index in [1.807, 2.05) is 65.8 Å². The Morgan fingerprint density at radius 2 is 1.30 bits per heavy atom. The molecule has 1 atom stereocenters. The molecule has 54 heavy (non-hydrogen) atoms. The van der Waals surface area contributed by atoms with Gasteiger partial charge in [-0.1, -0.05) is 51.6 Å². The second kappa shape index (κ2) is 21.2. The maximum Gasteiger partial charge on any atom is 0.340 e. The third-order valence-corrected chi connectivity index (χ3v) is 8.03. The molecule has 1 unspecified atom stereocenters. The minimum absolute atomic E-state index is 0.0486. The van der Waals surface area contributed by atoms with E-state index in [1.165, 1.54) is 31.3 Å². The van der Waals surface area contributed by atoms with E-state index in [2.05, 4.69) is 41.7 Å². The van der Waals surface area contributed by atoms with Crippen LogP contribution < -0.4 is 14.8 Å². The van der Waals surface area contributed by atoms with Crippen molar-refractivity contribution in [3.8, 4) is 11.5 Å². The van der Waals surface area contributed by atoms with Crippen LogP contribution in [-0.4, -0.2) is 92.5 Å². The van der Waals surface area contributed by atoms with E-state index in [-0.39, 0.29) is 35.1 Å². The molecule has 9 nitrogen and oxygen atoms in total. The third kappa shape index (κ3) is 22.9. The van der Waals surface area contributed by atoms with Crippen LogP contribution in [0.15, 0.2) is 61.2 Å². The minimum Gasteiger partial charge on any atom is -0.493 e. The number of aliphatic hydroxyl groups excluding tert-OH is 1. The zero-order valence-electron chi connectivity index (χ0n) is 34.4. The number of nitrogens with one attached hydrogen (secondary N) is 1. The highest BCUT2D eigenvalue weighted by atomic mass is 32.2. The molecular weight excluding hydrogens is 729 g/mol. The first-order chi connectivity index (χ1) is 24.3. The molecule has 1 heterocycles. The minimum atomic E-state index is -4.18. The number of benzene rings is 2. The summed E-state index contributed by atoms with van der Waals surface area (Å²) in [6.07, 6.45) is -1.46. The van der Waals surface area contributed by atoms with Crippen LogP contribution in [-0.2, 0) is 24.5 Å². The van der Waals surface area contributed by atoms with Crippen LogP contribution in [0.3, 0.4) is 0 Å². The Hall–Kier alpha value is -3.20. The van der Waals surface area contributed by atoms with Crippen LogP contribution in [0.1, 0.15) is 94.2 Å². The molecule has 1 amide bonds. The molecule has 0 aromatic heterocycles. The monoisotopic (exact) mass is 792 g/mol. The molecule has 2 aromatic carbocycles. The van der Waals surface area contributed by atoms with Crippen molar-refractivity contribution < 1.29 is 49.5 Å². The van der Waals surface area contributed by atoms with Gasteiger partial charge >= 0.3 is 12.3 Å². The molecule has 0 bridgehead atoms. The smallest absolute Gasteiger partial charge is 0.340 e. The van der Waals surface area contributed by atoms with E-state index in [1.54, 1.807) is 32.9 Å². The standard InChI is InChI=1S/C22H26F4O3.C7H13NO.C6H13N.C5H12O3S/c1-15(12-27)13-28-18-8-4-16(5-9-18)21(2,3)17-6-10-19(11-7-17)29-14-22(25,26)20(23)24;1-5-6(9)8-7(2,3)4;1-6(2,3)7-4-5-7;1-5(2,3)8-9(4,6)7/h4-11,15,20,27H,12-14H2,1-3H3;5H,1H2,2-4H3,(H,8,9);4-5H2,1-3H3;1-4H3. The highest BCUT2D eigenvalue weighted by Gasteiger charge is 2.41. The van der Waals surface area contributed by atoms with Crippen LogP contribution in [0.2, 0.25) is 0 Å². The predicted octanol–water partition coefficient (Wildman–Crippen LogP) is 8.25. The van der Waals surface area contributed by atoms with Crippen molar-refractivity contribution in [2.24, 2.45) is 5.92 Å². The summed E-state index contributed by atoms with van der Waals surface area (Å²) in [4.78, 5) is 13.0. The Balaban J connectivity index is 0.000000903. The summed E-state index contributed by atoms with van der Waals surface area (Å²) >= 11 is 0. The fraction of sp³-hybridized carbons (Fsp3) is 0.625. The number of halogens is 4. The molecule has 1 aliphatic rings. The van der Waals surface area contributed by atoms with Gasteiger partial charge in [0.15, 0.2) is 6.61 Å². The Kier molecular flexibility index (Phi) is 19.9. The van der Waals surface area contributed by atoms with Crippen molar-refractivity contribution in [2.45, 2.75) is 118 Å². The first-order valence-electron chi connectivity index (χ1n) is 17.7. The number of nitrogens with zero attached hydrogens (tertiary/aromatic N) is 1. The number of amides is 1. The van der Waals surface area contributed by atoms with Gasteiger partial charge in [0.1, 0.15) is 11.5 Å². The Morgan fingerprint density at radius 1 is 0.870 bits per heavy atom. The van der Waals surface area contributed by atoms with Gasteiger partial charge in [0, 0.05) is 42.1 Å². The Labute approximate surface area is 321 Å². The molecule has 0 saturated carbocycles. The van der Waals surface area contributed by atoms with Gasteiger partial charge < -0.3 is 19.9 Å². The normalized spacial score (nSPS) is 14.2. The van der Waals surface area contributed by atoms with Gasteiger partial charge in [-0.15, -0.1) is 0 Å². The van der Waals surface area contributed by atoms with Gasteiger partial charge in [-0.25, -0.2) is 8.78 Å². The summed E-state index contributed by atoms with van der Waals surface area (Å²) in [5.41, 5.74) is 1.23. The van der Waals surface area contributed by atoms with Crippen molar-refractivity contribution in [3.63, 3.8) is 0 Å². The van der Waals surface area contributed by atoms with Crippen molar-refractivity contribution in [1.29, 1.82) is 0 Å². The third-order valence-electron chi connectivity index (χ3n) is 7.23. The van der Waals surface area contributed by atoms with E-state index in [0.29, 0.717) is 17.9 Å². The Morgan fingerprint density at radius 3 is 1.54 bits per heavy atom. The highest BCUT2D eigenvalue weighted by Crippen LogP contribution is 2.34. The maximum atomic E-state index is 13.0. The van der Waals surface area contributed by atoms with Crippen LogP contribution >= 0.6 is 0 Å². The van der Waals surface area contributed by atoms with E-state index >= 15 is 0 Å². The van der Waals surface area contributed by atoms with Crippen molar-refractivity contribution in [2.75, 3.05) is 39.2 Å². The van der Waals surface area contributed by atoms with Crippen molar-refractivity contribution in [1.82, 2.24) is 10.2 Å². The second-order valence-electron chi connectivity index (χ2n) is 16.6. The lowest BCUT2D eigenvalue weighted by Crippen LogP contribution is -2.39. The number of alkyl halides is 4. The molecule has 3 rings (SSSR count). The lowest BCUT2D eigenvalue weighted by atomic mass is 9.78. The van der Waals surface area contributed by atoms with Crippen molar-refractivity contribution in [3.05, 3.63) is 72.3 Å². The summed E-state index contributed by atoms with van der Waals surface area (Å²) in [5, 5.41) is 11.8. The zero-order valence-corrected chi connectivity index (χ0v) is 35.2. The van der Waals surface area contributed by atoms with Gasteiger partial charge in [0.05, 0.1) is 18.5 Å². The summed E-state index contributed by atoms with van der Waals surface area (Å²) in [6, 6.07) is 14.0. The van der Waals surface area contributed by atoms with E-state index in [9.17, 15) is 30.8 Å². The molecule has 0 spiro atoms. The fourth-order valence-corrected chi connectivity index (χ4v) is 5.14. The number of hydrogen-bond acceptors (Lipinski definition) is 8. The van der Waals surface area contributed by atoms with Crippen LogP contribution in [0.5, 0.6) is 11.5 Å². The first kappa shape index (κ1) is 50.8. The number of carbonyl (C=O) groups is 1. The molecule has 310 valence electrons. The summed E-state index contributed by atoms with van der Waals surface area (Å²) in [6.45, 7) is 28.6. The van der Waals surface area contributed by atoms with Gasteiger partial charge in [-0.05, 0) is 104 Å². The highest BCUT2D eigenvalue weighted by molar-refractivity contribution is 7.86. The maximum absolute atomic E-state index is 13.0. The van der Waals surface area contributed by atoms with Crippen molar-refractivity contribution >= 4 is 16.0 Å². The lowest BCUT2D eigenvalue weighted by Gasteiger charge is -2.26. The van der Waals surface area contributed by atoms with Gasteiger partial charge in [0.2, 0.25) is 5.91 Å². The molecule has 0 radical (unpaired) electrons. The number of rotatable bonds is 12. The fourth-order valence-electron chi connectivity index (χ4n) is 4.23. The largest absolute Gasteiger partial charge is 0.493 e. The molecule has 14 heteroatoms. The van der Waals surface area contributed by atoms with Gasteiger partial charge in [-0.3, -0.25) is 13.9 Å². The van der Waals surface area contributed by atoms with Crippen LogP contribution in [0.25, 0.3) is 0 Å². The average molecular weight is 793 g/mol. The summed E-state index contributed by atoms with van der Waals surface area (Å²) in [7, 11) is -3.28. The lowest BCUT2D eigenvalue weighted by molar-refractivity contribution is -0.148. The van der Waals surface area contributed by atoms with Crippen LogP contribution in [0.4, 0.5) is 17.6 Å². The Bertz CT molecular complexity index is 1510. The second-order valence-corrected chi connectivity index (χ2v) is 18.2. The van der Waals surface area contributed by atoms with Crippen LogP contribution in [0, 0.1) is 5.92 Å². The van der Waals surface area contributed by atoms with Gasteiger partial charge in [0.25, 0.3) is 10.1 Å². The number of carbonyl (C=O) groups excluding carboxylic acids is 1. The van der Waals surface area contributed by atoms with E-state index in [4.69, 9.17) is 14.6 Å². The molecule has 0 aliphatic carbocycles. The van der Waals surface area contributed by atoms with E-state index in [0.717, 1.165) is 17.4 Å². The number of aliphatic hydroxyl groups is 1. The first-order valence-corrected chi connectivity index (χ1v) is 19.5. The molecular formula is C40H64F4N2O7S. The molecule has 1 fully saturated rings. The molecule has 1 aliphatic heterocycles. The summed E-state index contributed by atoms with van der Waals surface area (Å²) < 4.78 is 86.3. The number of ether oxygens (including phenoxy) is 2. The molecule has 2 N–H and O–H groups in total. The number of hydrogen-bond donors (Lipinski definition) is 2. The summed E-state index contributed by atoms with van der Waals surface area (Å²) in [5.74, 6) is -3.45.